The molecule has 0 amide bonds. The van der Waals surface area contributed by atoms with E-state index in [2.05, 4.69) is 10.6 Å². The van der Waals surface area contributed by atoms with Crippen LogP contribution in [-0.4, -0.2) is 30.7 Å². The van der Waals surface area contributed by atoms with E-state index >= 15 is 0 Å². The standard InChI is InChI=1S/C14H20N2O2/c1-10-7-12(14(17)18)4-5-13(10)16-9-11-3-2-6-15-8-11/h4-5,7,11,15-16H,2-3,6,8-9H2,1H3,(H,17,18). The van der Waals surface area contributed by atoms with Gasteiger partial charge in [0.05, 0.1) is 5.56 Å². The minimum absolute atomic E-state index is 0.345. The van der Waals surface area contributed by atoms with E-state index in [1.54, 1.807) is 12.1 Å². The molecule has 0 aromatic heterocycles. The Hall–Kier alpha value is -1.55. The number of anilines is 1. The smallest absolute Gasteiger partial charge is 0.335 e. The molecule has 1 saturated heterocycles. The largest absolute Gasteiger partial charge is 0.478 e. The maximum Gasteiger partial charge on any atom is 0.335 e. The van der Waals surface area contributed by atoms with E-state index in [-0.39, 0.29) is 0 Å². The van der Waals surface area contributed by atoms with Crippen molar-refractivity contribution in [1.29, 1.82) is 0 Å². The molecule has 1 aliphatic rings. The molecular formula is C14H20N2O2. The van der Waals surface area contributed by atoms with Gasteiger partial charge in [-0.3, -0.25) is 0 Å². The van der Waals surface area contributed by atoms with Crippen LogP contribution in [0.4, 0.5) is 5.69 Å². The third-order valence-corrected chi connectivity index (χ3v) is 3.45. The maximum atomic E-state index is 10.8. The van der Waals surface area contributed by atoms with Crippen LogP contribution in [0.25, 0.3) is 0 Å². The molecule has 1 aromatic rings. The summed E-state index contributed by atoms with van der Waals surface area (Å²) in [6.45, 7) is 5.08. The van der Waals surface area contributed by atoms with E-state index in [0.29, 0.717) is 11.5 Å². The molecule has 18 heavy (non-hydrogen) atoms. The van der Waals surface area contributed by atoms with E-state index in [9.17, 15) is 4.79 Å². The van der Waals surface area contributed by atoms with Crippen LogP contribution in [0.3, 0.4) is 0 Å². The van der Waals surface area contributed by atoms with Gasteiger partial charge >= 0.3 is 5.97 Å². The summed E-state index contributed by atoms with van der Waals surface area (Å²) in [5.74, 6) is -0.210. The fraction of sp³-hybridized carbons (Fsp3) is 0.500. The molecule has 1 aliphatic heterocycles. The molecule has 1 heterocycles. The second kappa shape index (κ2) is 5.87. The van der Waals surface area contributed by atoms with Crippen molar-refractivity contribution in [2.24, 2.45) is 5.92 Å². The summed E-state index contributed by atoms with van der Waals surface area (Å²) in [4.78, 5) is 10.8. The highest BCUT2D eigenvalue weighted by Gasteiger charge is 2.13. The summed E-state index contributed by atoms with van der Waals surface area (Å²) in [7, 11) is 0. The lowest BCUT2D eigenvalue weighted by atomic mass is 9.99. The molecule has 2 rings (SSSR count). The van der Waals surface area contributed by atoms with Crippen LogP contribution in [0, 0.1) is 12.8 Å². The van der Waals surface area contributed by atoms with E-state index < -0.39 is 5.97 Å². The molecule has 0 radical (unpaired) electrons. The van der Waals surface area contributed by atoms with Gasteiger partial charge in [-0.2, -0.15) is 0 Å². The fourth-order valence-corrected chi connectivity index (χ4v) is 2.35. The number of hydrogen-bond donors (Lipinski definition) is 3. The van der Waals surface area contributed by atoms with E-state index in [1.807, 2.05) is 13.0 Å². The van der Waals surface area contributed by atoms with Gasteiger partial charge in [0.15, 0.2) is 0 Å². The van der Waals surface area contributed by atoms with Crippen LogP contribution in [0.15, 0.2) is 18.2 Å². The van der Waals surface area contributed by atoms with Gasteiger partial charge in [-0.05, 0) is 62.5 Å². The van der Waals surface area contributed by atoms with Gasteiger partial charge in [-0.25, -0.2) is 4.79 Å². The van der Waals surface area contributed by atoms with Crippen LogP contribution < -0.4 is 10.6 Å². The van der Waals surface area contributed by atoms with Crippen molar-refractivity contribution >= 4 is 11.7 Å². The van der Waals surface area contributed by atoms with Gasteiger partial charge in [0, 0.05) is 12.2 Å². The first-order valence-corrected chi connectivity index (χ1v) is 6.45. The van der Waals surface area contributed by atoms with Gasteiger partial charge in [0.25, 0.3) is 0 Å². The zero-order chi connectivity index (χ0) is 13.0. The van der Waals surface area contributed by atoms with Gasteiger partial charge in [0.2, 0.25) is 0 Å². The van der Waals surface area contributed by atoms with Crippen LogP contribution in [-0.2, 0) is 0 Å². The number of piperidine rings is 1. The van der Waals surface area contributed by atoms with Gasteiger partial charge < -0.3 is 15.7 Å². The number of nitrogens with one attached hydrogen (secondary N) is 2. The Labute approximate surface area is 107 Å². The van der Waals surface area contributed by atoms with E-state index in [1.165, 1.54) is 12.8 Å². The molecule has 3 N–H and O–H groups in total. The number of aryl methyl sites for hydroxylation is 1. The predicted molar refractivity (Wildman–Crippen MR) is 72.2 cm³/mol. The third kappa shape index (κ3) is 3.23. The van der Waals surface area contributed by atoms with Gasteiger partial charge in [-0.1, -0.05) is 0 Å². The summed E-state index contributed by atoms with van der Waals surface area (Å²) in [6.07, 6.45) is 2.50. The summed E-state index contributed by atoms with van der Waals surface area (Å²) in [5.41, 5.74) is 2.36. The predicted octanol–water partition coefficient (Wildman–Crippen LogP) is 2.10. The molecule has 1 fully saturated rings. The van der Waals surface area contributed by atoms with Crippen molar-refractivity contribution in [1.82, 2.24) is 5.32 Å². The fourth-order valence-electron chi connectivity index (χ4n) is 2.35. The lowest BCUT2D eigenvalue weighted by molar-refractivity contribution is 0.0697. The lowest BCUT2D eigenvalue weighted by Crippen LogP contribution is -2.33. The number of aromatic carboxylic acids is 1. The Morgan fingerprint density at radius 3 is 3.00 bits per heavy atom. The number of benzene rings is 1. The monoisotopic (exact) mass is 248 g/mol. The maximum absolute atomic E-state index is 10.8. The summed E-state index contributed by atoms with van der Waals surface area (Å²) >= 11 is 0. The molecule has 4 heteroatoms. The molecule has 0 aliphatic carbocycles. The summed E-state index contributed by atoms with van der Waals surface area (Å²) in [5, 5.41) is 15.7. The lowest BCUT2D eigenvalue weighted by Gasteiger charge is -2.23. The van der Waals surface area contributed by atoms with Crippen LogP contribution >= 0.6 is 0 Å². The number of carboxylic acids is 1. The highest BCUT2D eigenvalue weighted by Crippen LogP contribution is 2.18. The first kappa shape index (κ1) is 12.9. The minimum Gasteiger partial charge on any atom is -0.478 e. The Balaban J connectivity index is 1.94. The van der Waals surface area contributed by atoms with Gasteiger partial charge in [-0.15, -0.1) is 0 Å². The highest BCUT2D eigenvalue weighted by atomic mass is 16.4. The second-order valence-corrected chi connectivity index (χ2v) is 4.93. The molecule has 1 atom stereocenters. The molecular weight excluding hydrogens is 228 g/mol. The first-order valence-electron chi connectivity index (χ1n) is 6.45. The van der Waals surface area contributed by atoms with Crippen LogP contribution in [0.1, 0.15) is 28.8 Å². The van der Waals surface area contributed by atoms with Gasteiger partial charge in [0.1, 0.15) is 0 Å². The van der Waals surface area contributed by atoms with Crippen molar-refractivity contribution in [3.63, 3.8) is 0 Å². The quantitative estimate of drug-likeness (QED) is 0.763. The summed E-state index contributed by atoms with van der Waals surface area (Å²) in [6, 6.07) is 5.22. The average molecular weight is 248 g/mol. The number of hydrogen-bond acceptors (Lipinski definition) is 3. The Bertz CT molecular complexity index is 426. The topological polar surface area (TPSA) is 61.4 Å². The SMILES string of the molecule is Cc1cc(C(=O)O)ccc1NCC1CCCNC1. The average Bonchev–Trinajstić information content (AvgIpc) is 2.38. The van der Waals surface area contributed by atoms with E-state index in [4.69, 9.17) is 5.11 Å². The number of carbonyl (C=O) groups is 1. The normalized spacial score (nSPS) is 19.5. The minimum atomic E-state index is -0.874. The first-order chi connectivity index (χ1) is 8.66. The highest BCUT2D eigenvalue weighted by molar-refractivity contribution is 5.88. The molecule has 0 saturated carbocycles. The Kier molecular flexibility index (Phi) is 4.20. The van der Waals surface area contributed by atoms with Crippen LogP contribution in [0.5, 0.6) is 0 Å². The summed E-state index contributed by atoms with van der Waals surface area (Å²) < 4.78 is 0. The molecule has 98 valence electrons. The molecule has 0 bridgehead atoms. The molecule has 1 unspecified atom stereocenters. The van der Waals surface area contributed by atoms with Crippen molar-refractivity contribution < 1.29 is 9.90 Å². The van der Waals surface area contributed by atoms with Crippen molar-refractivity contribution in [3.8, 4) is 0 Å². The van der Waals surface area contributed by atoms with Crippen molar-refractivity contribution in [2.75, 3.05) is 25.0 Å². The third-order valence-electron chi connectivity index (χ3n) is 3.45. The number of carboxylic acid groups (broad SMARTS) is 1. The molecule has 0 spiro atoms. The van der Waals surface area contributed by atoms with Crippen molar-refractivity contribution in [3.05, 3.63) is 29.3 Å². The zero-order valence-electron chi connectivity index (χ0n) is 10.7. The number of rotatable bonds is 4. The Morgan fingerprint density at radius 2 is 2.39 bits per heavy atom. The Morgan fingerprint density at radius 1 is 1.56 bits per heavy atom. The van der Waals surface area contributed by atoms with Crippen LogP contribution in [0.2, 0.25) is 0 Å². The second-order valence-electron chi connectivity index (χ2n) is 4.93. The molecule has 4 nitrogen and oxygen atoms in total. The molecule has 1 aromatic carbocycles. The zero-order valence-corrected chi connectivity index (χ0v) is 10.7. The van der Waals surface area contributed by atoms with E-state index in [0.717, 1.165) is 30.9 Å². The van der Waals surface area contributed by atoms with Crippen molar-refractivity contribution in [2.45, 2.75) is 19.8 Å².